The minimum absolute atomic E-state index is 0.340. The molecule has 0 radical (unpaired) electrons. The Kier molecular flexibility index (Phi) is 5.26. The first-order valence-electron chi connectivity index (χ1n) is 9.62. The van der Waals surface area contributed by atoms with Crippen LogP contribution in [0.1, 0.15) is 28.8 Å². The molecule has 3 aromatic rings. The Bertz CT molecular complexity index is 1100. The average Bonchev–Trinajstić information content (AvgIpc) is 3.28. The zero-order chi connectivity index (χ0) is 20.2. The molecule has 4 rings (SSSR count). The second kappa shape index (κ2) is 8.15. The fraction of sp³-hybridized carbons (Fsp3) is 0.167. The minimum Gasteiger partial charge on any atom is -0.369 e. The first kappa shape index (κ1) is 18.7. The first-order chi connectivity index (χ1) is 14.2. The molecule has 1 amide bonds. The van der Waals surface area contributed by atoms with Gasteiger partial charge in [-0.05, 0) is 48.7 Å². The third-order valence-corrected chi connectivity index (χ3v) is 5.16. The lowest BCUT2D eigenvalue weighted by Gasteiger charge is -2.19. The van der Waals surface area contributed by atoms with Crippen molar-refractivity contribution in [3.8, 4) is 17.2 Å². The molecule has 1 aliphatic rings. The van der Waals surface area contributed by atoms with Gasteiger partial charge in [0.15, 0.2) is 0 Å². The van der Waals surface area contributed by atoms with E-state index in [0.717, 1.165) is 25.9 Å². The summed E-state index contributed by atoms with van der Waals surface area (Å²) < 4.78 is 14.6. The summed E-state index contributed by atoms with van der Waals surface area (Å²) in [5, 5.41) is 12.2. The third kappa shape index (κ3) is 3.83. The SMILES string of the molecule is N#Cc1ccccc1-c1ccccc1C(=O)Nc1ccc(N2CCCC2)c(F)c1. The summed E-state index contributed by atoms with van der Waals surface area (Å²) in [5.41, 5.74) is 3.25. The van der Waals surface area contributed by atoms with Crippen LogP contribution in [0.25, 0.3) is 11.1 Å². The topological polar surface area (TPSA) is 56.1 Å². The van der Waals surface area contributed by atoms with Crippen molar-refractivity contribution in [3.05, 3.63) is 83.7 Å². The van der Waals surface area contributed by atoms with Gasteiger partial charge in [-0.1, -0.05) is 36.4 Å². The molecule has 3 aromatic carbocycles. The van der Waals surface area contributed by atoms with Crippen molar-refractivity contribution in [1.29, 1.82) is 5.26 Å². The van der Waals surface area contributed by atoms with E-state index in [0.29, 0.717) is 33.6 Å². The van der Waals surface area contributed by atoms with Crippen LogP contribution in [-0.2, 0) is 0 Å². The number of carbonyl (C=O) groups excluding carboxylic acids is 1. The Labute approximate surface area is 169 Å². The van der Waals surface area contributed by atoms with Gasteiger partial charge in [0.2, 0.25) is 0 Å². The number of hydrogen-bond acceptors (Lipinski definition) is 3. The molecular weight excluding hydrogens is 365 g/mol. The first-order valence-corrected chi connectivity index (χ1v) is 9.62. The molecule has 0 bridgehead atoms. The fourth-order valence-electron chi connectivity index (χ4n) is 3.73. The molecule has 29 heavy (non-hydrogen) atoms. The molecule has 1 aliphatic heterocycles. The molecule has 0 unspecified atom stereocenters. The molecule has 0 saturated carbocycles. The van der Waals surface area contributed by atoms with Crippen LogP contribution >= 0.6 is 0 Å². The Morgan fingerprint density at radius 3 is 2.38 bits per heavy atom. The number of hydrogen-bond donors (Lipinski definition) is 1. The van der Waals surface area contributed by atoms with Gasteiger partial charge in [0, 0.05) is 29.9 Å². The highest BCUT2D eigenvalue weighted by molar-refractivity contribution is 6.09. The summed E-state index contributed by atoms with van der Waals surface area (Å²) >= 11 is 0. The molecule has 0 spiro atoms. The highest BCUT2D eigenvalue weighted by Crippen LogP contribution is 2.29. The molecule has 1 saturated heterocycles. The summed E-state index contributed by atoms with van der Waals surface area (Å²) in [7, 11) is 0. The highest BCUT2D eigenvalue weighted by atomic mass is 19.1. The molecule has 1 N–H and O–H groups in total. The summed E-state index contributed by atoms with van der Waals surface area (Å²) in [5.74, 6) is -0.686. The van der Waals surface area contributed by atoms with Crippen LogP contribution in [0, 0.1) is 17.1 Å². The highest BCUT2D eigenvalue weighted by Gasteiger charge is 2.18. The summed E-state index contributed by atoms with van der Waals surface area (Å²) in [6, 6.07) is 21.2. The monoisotopic (exact) mass is 385 g/mol. The number of nitrogens with zero attached hydrogens (tertiary/aromatic N) is 2. The Morgan fingerprint density at radius 2 is 1.66 bits per heavy atom. The van der Waals surface area contributed by atoms with E-state index in [2.05, 4.69) is 11.4 Å². The summed E-state index contributed by atoms with van der Waals surface area (Å²) in [6.45, 7) is 1.71. The minimum atomic E-state index is -0.346. The summed E-state index contributed by atoms with van der Waals surface area (Å²) in [6.07, 6.45) is 2.14. The normalized spacial score (nSPS) is 13.2. The molecule has 5 heteroatoms. The standard InChI is InChI=1S/C24H20FN3O/c25-22-15-18(11-12-23(22)28-13-5-6-14-28)27-24(29)21-10-4-3-9-20(21)19-8-2-1-7-17(19)16-26/h1-4,7-12,15H,5-6,13-14H2,(H,27,29). The van der Waals surface area contributed by atoms with Gasteiger partial charge in [0.1, 0.15) is 5.82 Å². The van der Waals surface area contributed by atoms with Crippen molar-refractivity contribution in [2.45, 2.75) is 12.8 Å². The van der Waals surface area contributed by atoms with Gasteiger partial charge < -0.3 is 10.2 Å². The van der Waals surface area contributed by atoms with Gasteiger partial charge in [-0.2, -0.15) is 5.26 Å². The van der Waals surface area contributed by atoms with Gasteiger partial charge in [-0.15, -0.1) is 0 Å². The van der Waals surface area contributed by atoms with E-state index in [9.17, 15) is 14.4 Å². The molecule has 4 nitrogen and oxygen atoms in total. The third-order valence-electron chi connectivity index (χ3n) is 5.16. The number of amides is 1. The molecule has 0 aromatic heterocycles. The van der Waals surface area contributed by atoms with E-state index in [-0.39, 0.29) is 11.7 Å². The molecule has 1 fully saturated rings. The van der Waals surface area contributed by atoms with Gasteiger partial charge in [-0.25, -0.2) is 4.39 Å². The second-order valence-electron chi connectivity index (χ2n) is 7.02. The quantitative estimate of drug-likeness (QED) is 0.670. The van der Waals surface area contributed by atoms with E-state index in [1.54, 1.807) is 36.4 Å². The molecule has 144 valence electrons. The second-order valence-corrected chi connectivity index (χ2v) is 7.02. The maximum atomic E-state index is 14.6. The van der Waals surface area contributed by atoms with E-state index in [4.69, 9.17) is 0 Å². The van der Waals surface area contributed by atoms with Gasteiger partial charge in [0.25, 0.3) is 5.91 Å². The van der Waals surface area contributed by atoms with Crippen molar-refractivity contribution < 1.29 is 9.18 Å². The molecule has 0 atom stereocenters. The van der Waals surface area contributed by atoms with Gasteiger partial charge in [0.05, 0.1) is 17.3 Å². The van der Waals surface area contributed by atoms with Crippen LogP contribution < -0.4 is 10.2 Å². The van der Waals surface area contributed by atoms with Crippen molar-refractivity contribution >= 4 is 17.3 Å². The molecule has 0 aliphatic carbocycles. The zero-order valence-electron chi connectivity index (χ0n) is 15.9. The van der Waals surface area contributed by atoms with E-state index < -0.39 is 0 Å². The maximum Gasteiger partial charge on any atom is 0.256 e. The largest absolute Gasteiger partial charge is 0.369 e. The van der Waals surface area contributed by atoms with E-state index in [1.165, 1.54) is 6.07 Å². The van der Waals surface area contributed by atoms with Crippen LogP contribution in [-0.4, -0.2) is 19.0 Å². The van der Waals surface area contributed by atoms with Crippen LogP contribution in [0.15, 0.2) is 66.7 Å². The number of rotatable bonds is 4. The lowest BCUT2D eigenvalue weighted by molar-refractivity contribution is 0.102. The smallest absolute Gasteiger partial charge is 0.256 e. The van der Waals surface area contributed by atoms with Crippen molar-refractivity contribution in [2.75, 3.05) is 23.3 Å². The number of benzene rings is 3. The zero-order valence-corrected chi connectivity index (χ0v) is 15.9. The lowest BCUT2D eigenvalue weighted by Crippen LogP contribution is -2.19. The van der Waals surface area contributed by atoms with Gasteiger partial charge in [-0.3, -0.25) is 4.79 Å². The number of halogens is 1. The molecular formula is C24H20FN3O. The van der Waals surface area contributed by atoms with Crippen molar-refractivity contribution in [3.63, 3.8) is 0 Å². The van der Waals surface area contributed by atoms with Crippen molar-refractivity contribution in [2.24, 2.45) is 0 Å². The van der Waals surface area contributed by atoms with Gasteiger partial charge >= 0.3 is 0 Å². The predicted molar refractivity (Wildman–Crippen MR) is 112 cm³/mol. The van der Waals surface area contributed by atoms with Crippen molar-refractivity contribution in [1.82, 2.24) is 0 Å². The maximum absolute atomic E-state index is 14.6. The Hall–Kier alpha value is -3.65. The fourth-order valence-corrected chi connectivity index (χ4v) is 3.73. The number of anilines is 2. The Morgan fingerprint density at radius 1 is 0.966 bits per heavy atom. The lowest BCUT2D eigenvalue weighted by atomic mass is 9.95. The molecule has 1 heterocycles. The number of nitriles is 1. The van der Waals surface area contributed by atoms with Crippen LogP contribution in [0.3, 0.4) is 0 Å². The summed E-state index contributed by atoms with van der Waals surface area (Å²) in [4.78, 5) is 15.0. The van der Waals surface area contributed by atoms with Crippen LogP contribution in [0.2, 0.25) is 0 Å². The average molecular weight is 385 g/mol. The number of nitrogens with one attached hydrogen (secondary N) is 1. The van der Waals surface area contributed by atoms with Crippen LogP contribution in [0.4, 0.5) is 15.8 Å². The number of carbonyl (C=O) groups is 1. The predicted octanol–water partition coefficient (Wildman–Crippen LogP) is 5.22. The van der Waals surface area contributed by atoms with Crippen LogP contribution in [0.5, 0.6) is 0 Å². The Balaban J connectivity index is 1.61. The van der Waals surface area contributed by atoms with E-state index >= 15 is 0 Å². The van der Waals surface area contributed by atoms with E-state index in [1.807, 2.05) is 29.2 Å².